The van der Waals surface area contributed by atoms with Gasteiger partial charge in [0.2, 0.25) is 5.91 Å². The minimum Gasteiger partial charge on any atom is -0.354 e. The Bertz CT molecular complexity index is 679. The van der Waals surface area contributed by atoms with E-state index >= 15 is 0 Å². The molecule has 18 heavy (non-hydrogen) atoms. The van der Waals surface area contributed by atoms with Crippen molar-refractivity contribution in [2.45, 2.75) is 25.8 Å². The lowest BCUT2D eigenvalue weighted by Gasteiger charge is -2.10. The fraction of sp³-hybridized carbons (Fsp3) is 0.545. The molecule has 6 nitrogen and oxygen atoms in total. The molecule has 3 rings (SSSR count). The number of hydrogen-bond donors (Lipinski definition) is 2. The molecule has 2 N–H and O–H groups in total. The van der Waals surface area contributed by atoms with E-state index in [0.29, 0.717) is 17.7 Å². The van der Waals surface area contributed by atoms with E-state index in [1.165, 1.54) is 0 Å². The number of nitrogens with one attached hydrogen (secondary N) is 2. The van der Waals surface area contributed by atoms with E-state index in [2.05, 4.69) is 22.3 Å². The summed E-state index contributed by atoms with van der Waals surface area (Å²) in [5.41, 5.74) is 2.97. The lowest BCUT2D eigenvalue weighted by Crippen LogP contribution is -2.16. The van der Waals surface area contributed by atoms with Gasteiger partial charge >= 0.3 is 0 Å². The fourth-order valence-electron chi connectivity index (χ4n) is 2.60. The molecule has 2 aromatic rings. The van der Waals surface area contributed by atoms with Crippen molar-refractivity contribution in [2.75, 3.05) is 6.54 Å². The zero-order valence-corrected chi connectivity index (χ0v) is 11.2. The number of imidazole rings is 1. The van der Waals surface area contributed by atoms with Crippen LogP contribution >= 0.6 is 12.2 Å². The number of aryl methyl sites for hydroxylation is 2. The van der Waals surface area contributed by atoms with Gasteiger partial charge in [-0.3, -0.25) is 14.0 Å². The van der Waals surface area contributed by atoms with Crippen molar-refractivity contribution in [1.29, 1.82) is 0 Å². The predicted molar refractivity (Wildman–Crippen MR) is 69.9 cm³/mol. The number of aromatic amines is 1. The number of H-pyrrole nitrogens is 1. The molecule has 1 saturated heterocycles. The first-order valence-corrected chi connectivity index (χ1v) is 6.45. The standard InChI is InChI=1S/C11H15N5OS/c1-3-7-9-10(15(2)14-7)16(11(18)13-9)6-4-8(17)12-5-6/h6H,3-5H2,1-2H3,(H,12,17)(H,13,18). The van der Waals surface area contributed by atoms with Crippen molar-refractivity contribution in [2.24, 2.45) is 7.05 Å². The molecule has 0 saturated carbocycles. The van der Waals surface area contributed by atoms with Crippen molar-refractivity contribution in [3.05, 3.63) is 10.5 Å². The summed E-state index contributed by atoms with van der Waals surface area (Å²) < 4.78 is 4.51. The second kappa shape index (κ2) is 3.94. The molecule has 0 bridgehead atoms. The number of amides is 1. The Hall–Kier alpha value is -1.63. The van der Waals surface area contributed by atoms with Crippen LogP contribution in [-0.2, 0) is 18.3 Å². The predicted octanol–water partition coefficient (Wildman–Crippen LogP) is 1.06. The van der Waals surface area contributed by atoms with Crippen LogP contribution in [0.5, 0.6) is 0 Å². The minimum atomic E-state index is 0.0779. The lowest BCUT2D eigenvalue weighted by molar-refractivity contribution is -0.119. The second-order valence-electron chi connectivity index (χ2n) is 4.58. The molecule has 1 unspecified atom stereocenters. The number of aromatic nitrogens is 4. The van der Waals surface area contributed by atoms with E-state index in [1.54, 1.807) is 0 Å². The van der Waals surface area contributed by atoms with Crippen molar-refractivity contribution in [1.82, 2.24) is 24.6 Å². The molecule has 0 spiro atoms. The van der Waals surface area contributed by atoms with Gasteiger partial charge in [-0.25, -0.2) is 0 Å². The van der Waals surface area contributed by atoms with Gasteiger partial charge < -0.3 is 10.3 Å². The van der Waals surface area contributed by atoms with Crippen LogP contribution in [0, 0.1) is 4.77 Å². The van der Waals surface area contributed by atoms with Gasteiger partial charge in [0.15, 0.2) is 10.4 Å². The van der Waals surface area contributed by atoms with Crippen molar-refractivity contribution < 1.29 is 4.79 Å². The molecular formula is C11H15N5OS. The average Bonchev–Trinajstić information content (AvgIpc) is 2.96. The van der Waals surface area contributed by atoms with Crippen LogP contribution in [0.25, 0.3) is 11.2 Å². The first-order valence-electron chi connectivity index (χ1n) is 6.04. The van der Waals surface area contributed by atoms with Crippen LogP contribution in [0.1, 0.15) is 25.1 Å². The number of rotatable bonds is 2. The molecule has 0 aliphatic carbocycles. The van der Waals surface area contributed by atoms with Crippen LogP contribution in [0.4, 0.5) is 0 Å². The summed E-state index contributed by atoms with van der Waals surface area (Å²) in [6.07, 6.45) is 1.34. The molecule has 1 aliphatic heterocycles. The van der Waals surface area contributed by atoms with Gasteiger partial charge in [0.1, 0.15) is 5.52 Å². The maximum absolute atomic E-state index is 11.4. The highest BCUT2D eigenvalue weighted by Gasteiger charge is 2.27. The number of carbonyl (C=O) groups excluding carboxylic acids is 1. The number of carbonyl (C=O) groups is 1. The Labute approximate surface area is 109 Å². The Morgan fingerprint density at radius 3 is 2.94 bits per heavy atom. The largest absolute Gasteiger partial charge is 0.354 e. The topological polar surface area (TPSA) is 67.6 Å². The van der Waals surface area contributed by atoms with E-state index in [4.69, 9.17) is 12.2 Å². The molecule has 1 amide bonds. The van der Waals surface area contributed by atoms with Crippen molar-refractivity contribution in [3.63, 3.8) is 0 Å². The number of hydrogen-bond acceptors (Lipinski definition) is 3. The quantitative estimate of drug-likeness (QED) is 0.798. The zero-order chi connectivity index (χ0) is 12.9. The SMILES string of the molecule is CCc1nn(C)c2c1[nH]c(=S)n2C1CNC(=O)C1. The molecule has 0 aromatic carbocycles. The molecule has 7 heteroatoms. The third kappa shape index (κ3) is 1.50. The Morgan fingerprint density at radius 1 is 1.56 bits per heavy atom. The van der Waals surface area contributed by atoms with E-state index < -0.39 is 0 Å². The van der Waals surface area contributed by atoms with Gasteiger partial charge in [0.25, 0.3) is 0 Å². The normalized spacial score (nSPS) is 19.7. The molecule has 1 fully saturated rings. The lowest BCUT2D eigenvalue weighted by atomic mass is 10.2. The minimum absolute atomic E-state index is 0.0779. The third-order valence-corrected chi connectivity index (χ3v) is 3.72. The Balaban J connectivity index is 2.22. The van der Waals surface area contributed by atoms with Gasteiger partial charge in [0.05, 0.1) is 11.7 Å². The summed E-state index contributed by atoms with van der Waals surface area (Å²) in [6, 6.07) is 0.0823. The van der Waals surface area contributed by atoms with Gasteiger partial charge in [-0.05, 0) is 18.6 Å². The van der Waals surface area contributed by atoms with E-state index in [1.807, 2.05) is 16.3 Å². The zero-order valence-electron chi connectivity index (χ0n) is 10.4. The maximum Gasteiger partial charge on any atom is 0.222 e. The Kier molecular flexibility index (Phi) is 2.51. The van der Waals surface area contributed by atoms with Crippen LogP contribution in [0.2, 0.25) is 0 Å². The molecular weight excluding hydrogens is 250 g/mol. The highest BCUT2D eigenvalue weighted by atomic mass is 32.1. The second-order valence-corrected chi connectivity index (χ2v) is 4.97. The highest BCUT2D eigenvalue weighted by Crippen LogP contribution is 2.25. The summed E-state index contributed by atoms with van der Waals surface area (Å²) in [7, 11) is 1.91. The molecule has 96 valence electrons. The van der Waals surface area contributed by atoms with Crippen LogP contribution in [0.3, 0.4) is 0 Å². The first-order chi connectivity index (χ1) is 8.61. The van der Waals surface area contributed by atoms with Gasteiger partial charge in [-0.1, -0.05) is 6.92 Å². The van der Waals surface area contributed by atoms with Crippen molar-refractivity contribution >= 4 is 29.3 Å². The molecule has 3 heterocycles. The third-order valence-electron chi connectivity index (χ3n) is 3.42. The van der Waals surface area contributed by atoms with E-state index in [0.717, 1.165) is 23.3 Å². The number of fused-ring (bicyclic) bond motifs is 1. The monoisotopic (exact) mass is 265 g/mol. The Morgan fingerprint density at radius 2 is 2.33 bits per heavy atom. The van der Waals surface area contributed by atoms with Crippen molar-refractivity contribution in [3.8, 4) is 0 Å². The van der Waals surface area contributed by atoms with Gasteiger partial charge in [-0.2, -0.15) is 5.10 Å². The summed E-state index contributed by atoms with van der Waals surface area (Å²) in [4.78, 5) is 14.6. The molecule has 2 aromatic heterocycles. The van der Waals surface area contributed by atoms with Gasteiger partial charge in [0, 0.05) is 20.0 Å². The summed E-state index contributed by atoms with van der Waals surface area (Å²) in [5, 5.41) is 7.31. The van der Waals surface area contributed by atoms with Crippen LogP contribution < -0.4 is 5.32 Å². The van der Waals surface area contributed by atoms with E-state index in [9.17, 15) is 4.79 Å². The summed E-state index contributed by atoms with van der Waals surface area (Å²) in [5.74, 6) is 0.0779. The molecule has 0 radical (unpaired) electrons. The average molecular weight is 265 g/mol. The van der Waals surface area contributed by atoms with Crippen LogP contribution in [0.15, 0.2) is 0 Å². The maximum atomic E-state index is 11.4. The molecule has 1 aliphatic rings. The summed E-state index contributed by atoms with van der Waals surface area (Å²) >= 11 is 5.38. The first kappa shape index (κ1) is 11.5. The fourth-order valence-corrected chi connectivity index (χ4v) is 2.93. The number of nitrogens with zero attached hydrogens (tertiary/aromatic N) is 3. The molecule has 1 atom stereocenters. The highest BCUT2D eigenvalue weighted by molar-refractivity contribution is 7.71. The smallest absolute Gasteiger partial charge is 0.222 e. The van der Waals surface area contributed by atoms with E-state index in [-0.39, 0.29) is 11.9 Å². The summed E-state index contributed by atoms with van der Waals surface area (Å²) in [6.45, 7) is 2.70. The van der Waals surface area contributed by atoms with Gasteiger partial charge in [-0.15, -0.1) is 0 Å². The van der Waals surface area contributed by atoms with Crippen LogP contribution in [-0.4, -0.2) is 31.8 Å².